The number of rotatable bonds is 11. The van der Waals surface area contributed by atoms with Crippen molar-refractivity contribution in [3.63, 3.8) is 0 Å². The van der Waals surface area contributed by atoms with Crippen molar-refractivity contribution in [2.45, 2.75) is 40.0 Å². The maximum Gasteiger partial charge on any atom is 0.266 e. The van der Waals surface area contributed by atoms with E-state index in [9.17, 15) is 18.0 Å². The zero-order valence-corrected chi connectivity index (χ0v) is 28.0. The molecule has 0 unspecified atom stereocenters. The lowest BCUT2D eigenvalue weighted by atomic mass is 9.89. The highest BCUT2D eigenvalue weighted by atomic mass is 35.5. The van der Waals surface area contributed by atoms with Gasteiger partial charge in [-0.1, -0.05) is 99.1 Å². The summed E-state index contributed by atoms with van der Waals surface area (Å²) < 4.78 is 30.8. The molecule has 4 aromatic rings. The van der Waals surface area contributed by atoms with E-state index < -0.39 is 27.7 Å². The van der Waals surface area contributed by atoms with Crippen LogP contribution in [-0.4, -0.2) is 37.1 Å². The van der Waals surface area contributed by atoms with Crippen molar-refractivity contribution in [2.75, 3.05) is 17.6 Å². The first kappa shape index (κ1) is 34.6. The van der Waals surface area contributed by atoms with Crippen molar-refractivity contribution in [1.82, 2.24) is 5.32 Å². The second kappa shape index (κ2) is 14.9. The zero-order chi connectivity index (χ0) is 33.5. The number of hydrogen-bond acceptors (Lipinski definition) is 4. The van der Waals surface area contributed by atoms with Crippen LogP contribution in [0, 0.1) is 12.3 Å². The molecule has 0 aliphatic rings. The Morgan fingerprint density at radius 1 is 0.913 bits per heavy atom. The first-order chi connectivity index (χ1) is 21.7. The number of amides is 2. The third kappa shape index (κ3) is 10.4. The largest absolute Gasteiger partial charge is 0.351 e. The van der Waals surface area contributed by atoms with Crippen LogP contribution >= 0.6 is 11.6 Å². The monoisotopic (exact) mass is 658 g/mol. The molecule has 0 saturated heterocycles. The van der Waals surface area contributed by atoms with E-state index in [2.05, 4.69) is 43.6 Å². The molecule has 0 aliphatic carbocycles. The fourth-order valence-electron chi connectivity index (χ4n) is 4.88. The zero-order valence-electron chi connectivity index (χ0n) is 26.4. The summed E-state index contributed by atoms with van der Waals surface area (Å²) in [4.78, 5) is 26.2. The van der Waals surface area contributed by atoms with Crippen LogP contribution in [-0.2, 0) is 21.3 Å². The smallest absolute Gasteiger partial charge is 0.266 e. The summed E-state index contributed by atoms with van der Waals surface area (Å²) in [5.74, 6) is -1.71. The lowest BCUT2D eigenvalue weighted by molar-refractivity contribution is -0.117. The Morgan fingerprint density at radius 2 is 1.57 bits per heavy atom. The van der Waals surface area contributed by atoms with Gasteiger partial charge in [-0.05, 0) is 88.5 Å². The number of carbonyl (C=O) groups is 2. The van der Waals surface area contributed by atoms with Gasteiger partial charge in [-0.2, -0.15) is 8.42 Å². The summed E-state index contributed by atoms with van der Waals surface area (Å²) in [6.07, 6.45) is 4.60. The minimum Gasteiger partial charge on any atom is -0.351 e. The molecule has 2 amide bonds. The molecule has 4 aromatic carbocycles. The van der Waals surface area contributed by atoms with Crippen LogP contribution in [0.25, 0.3) is 17.2 Å². The highest BCUT2D eigenvalue weighted by Crippen LogP contribution is 2.29. The van der Waals surface area contributed by atoms with Gasteiger partial charge in [0.25, 0.3) is 16.0 Å². The molecule has 46 heavy (non-hydrogen) atoms. The van der Waals surface area contributed by atoms with Crippen molar-refractivity contribution >= 4 is 45.3 Å². The molecule has 0 aromatic heterocycles. The van der Waals surface area contributed by atoms with Gasteiger partial charge in [-0.3, -0.25) is 14.1 Å². The van der Waals surface area contributed by atoms with Gasteiger partial charge in [0.15, 0.2) is 0 Å². The van der Waals surface area contributed by atoms with E-state index >= 15 is 0 Å². The quantitative estimate of drug-likeness (QED) is 0.142. The molecule has 9 heteroatoms. The Balaban J connectivity index is 1.54. The van der Waals surface area contributed by atoms with Crippen LogP contribution < -0.4 is 10.6 Å². The van der Waals surface area contributed by atoms with Crippen molar-refractivity contribution in [3.05, 3.63) is 130 Å². The lowest BCUT2D eigenvalue weighted by Crippen LogP contribution is -2.28. The second-order valence-corrected chi connectivity index (χ2v) is 14.4. The lowest BCUT2D eigenvalue weighted by Gasteiger charge is -2.19. The van der Waals surface area contributed by atoms with E-state index in [1.54, 1.807) is 24.3 Å². The van der Waals surface area contributed by atoms with E-state index in [0.29, 0.717) is 22.7 Å². The number of halogens is 1. The SMILES string of the molecule is Cc1cc(Cl)ccc1-c1ccc(NC(=O)[C@H](Cc2ccc(C(=O)NCCS(=O)(=O)O)cc2)c2ccc(/C=C/C(C)(C)C)cc2)cc1. The van der Waals surface area contributed by atoms with Crippen molar-refractivity contribution in [2.24, 2.45) is 5.41 Å². The van der Waals surface area contributed by atoms with Crippen LogP contribution in [0.1, 0.15) is 59.3 Å². The molecule has 4 rings (SSSR count). The highest BCUT2D eigenvalue weighted by molar-refractivity contribution is 7.85. The van der Waals surface area contributed by atoms with Crippen LogP contribution in [0.15, 0.2) is 97.1 Å². The average molecular weight is 659 g/mol. The Kier molecular flexibility index (Phi) is 11.2. The average Bonchev–Trinajstić information content (AvgIpc) is 2.99. The Hall–Kier alpha value is -4.24. The standard InChI is InChI=1S/C37H39ClN2O5S/c1-25-23-31(38)15-18-33(25)28-13-16-32(17-14-28)40-36(42)34(29-9-5-26(6-10-29)19-20-37(2,3)4)24-27-7-11-30(12-8-27)35(41)39-21-22-46(43,44)45/h5-20,23,34H,21-22,24H2,1-4H3,(H,39,41)(H,40,42)(H,43,44,45)/b20-19+/t34-/m1/s1. The number of nitrogens with one attached hydrogen (secondary N) is 2. The van der Waals surface area contributed by atoms with Gasteiger partial charge in [0.2, 0.25) is 5.91 Å². The van der Waals surface area contributed by atoms with E-state index in [4.69, 9.17) is 16.2 Å². The molecule has 0 fully saturated rings. The van der Waals surface area contributed by atoms with Gasteiger partial charge in [-0.15, -0.1) is 0 Å². The molecule has 0 spiro atoms. The number of hydrogen-bond donors (Lipinski definition) is 3. The Bertz CT molecular complexity index is 1810. The van der Waals surface area contributed by atoms with Gasteiger partial charge in [0.05, 0.1) is 11.7 Å². The summed E-state index contributed by atoms with van der Waals surface area (Å²) >= 11 is 6.13. The summed E-state index contributed by atoms with van der Waals surface area (Å²) in [5, 5.41) is 6.24. The van der Waals surface area contributed by atoms with Gasteiger partial charge >= 0.3 is 0 Å². The van der Waals surface area contributed by atoms with Gasteiger partial charge in [-0.25, -0.2) is 0 Å². The van der Waals surface area contributed by atoms with Crippen LogP contribution in [0.2, 0.25) is 5.02 Å². The van der Waals surface area contributed by atoms with E-state index in [-0.39, 0.29) is 17.9 Å². The van der Waals surface area contributed by atoms with E-state index in [1.165, 1.54) is 0 Å². The van der Waals surface area contributed by atoms with E-state index in [0.717, 1.165) is 33.4 Å². The number of anilines is 1. The molecule has 0 saturated carbocycles. The second-order valence-electron chi connectivity index (χ2n) is 12.4. The normalized spacial score (nSPS) is 12.6. The summed E-state index contributed by atoms with van der Waals surface area (Å²) in [7, 11) is -4.17. The molecule has 0 radical (unpaired) electrons. The predicted molar refractivity (Wildman–Crippen MR) is 187 cm³/mol. The summed E-state index contributed by atoms with van der Waals surface area (Å²) in [5.41, 5.74) is 6.94. The van der Waals surface area contributed by atoms with Gasteiger partial charge < -0.3 is 10.6 Å². The minimum atomic E-state index is -4.17. The summed E-state index contributed by atoms with van der Waals surface area (Å²) in [6, 6.07) is 28.2. The van der Waals surface area contributed by atoms with E-state index in [1.807, 2.05) is 73.7 Å². The minimum absolute atomic E-state index is 0.0441. The third-order valence-corrected chi connectivity index (χ3v) is 8.34. The van der Waals surface area contributed by atoms with Crippen molar-refractivity contribution < 1.29 is 22.6 Å². The molecule has 7 nitrogen and oxygen atoms in total. The summed E-state index contributed by atoms with van der Waals surface area (Å²) in [6.45, 7) is 8.21. The first-order valence-electron chi connectivity index (χ1n) is 15.0. The Morgan fingerprint density at radius 3 is 2.15 bits per heavy atom. The molecule has 0 heterocycles. The fraction of sp³-hybridized carbons (Fsp3) is 0.243. The molecule has 0 bridgehead atoms. The van der Waals surface area contributed by atoms with Gasteiger partial charge in [0, 0.05) is 22.8 Å². The number of aryl methyl sites for hydroxylation is 1. The maximum absolute atomic E-state index is 13.8. The fourth-order valence-corrected chi connectivity index (χ4v) is 5.47. The molecule has 1 atom stereocenters. The first-order valence-corrected chi connectivity index (χ1v) is 16.9. The van der Waals surface area contributed by atoms with Gasteiger partial charge in [0.1, 0.15) is 0 Å². The topological polar surface area (TPSA) is 113 Å². The number of allylic oxidation sites excluding steroid dienone is 1. The van der Waals surface area contributed by atoms with Crippen LogP contribution in [0.5, 0.6) is 0 Å². The third-order valence-electron chi connectivity index (χ3n) is 7.38. The molecular weight excluding hydrogens is 620 g/mol. The number of benzene rings is 4. The Labute approximate surface area is 276 Å². The number of carbonyl (C=O) groups excluding carboxylic acids is 2. The van der Waals surface area contributed by atoms with Crippen LogP contribution in [0.3, 0.4) is 0 Å². The van der Waals surface area contributed by atoms with Crippen molar-refractivity contribution in [1.29, 1.82) is 0 Å². The molecule has 0 aliphatic heterocycles. The molecule has 3 N–H and O–H groups in total. The highest BCUT2D eigenvalue weighted by Gasteiger charge is 2.22. The molecular formula is C37H39ClN2O5S. The predicted octanol–water partition coefficient (Wildman–Crippen LogP) is 7.96. The maximum atomic E-state index is 13.8. The van der Waals surface area contributed by atoms with Crippen molar-refractivity contribution in [3.8, 4) is 11.1 Å². The molecule has 240 valence electrons. The van der Waals surface area contributed by atoms with Crippen LogP contribution in [0.4, 0.5) is 5.69 Å².